The van der Waals surface area contributed by atoms with Crippen molar-refractivity contribution in [3.8, 4) is 11.4 Å². The van der Waals surface area contributed by atoms with E-state index in [0.717, 1.165) is 12.1 Å². The van der Waals surface area contributed by atoms with Gasteiger partial charge in [-0.3, -0.25) is 4.98 Å². The van der Waals surface area contributed by atoms with Gasteiger partial charge in [-0.15, -0.1) is 0 Å². The SMILES string of the molecule is OC[C@@H](O)c1cnc(-c2ccc3c(Nc4ccc(C(F)(F)F)cc4)ncnc3n2)c(Cl)c1. The number of rotatable bonds is 5. The van der Waals surface area contributed by atoms with Crippen LogP contribution in [0.15, 0.2) is 55.0 Å². The molecule has 1 atom stereocenters. The molecular weight excluding hydrogens is 447 g/mol. The lowest BCUT2D eigenvalue weighted by molar-refractivity contribution is -0.137. The molecule has 1 aromatic carbocycles. The Bertz CT molecular complexity index is 1270. The minimum atomic E-state index is -4.41. The molecule has 164 valence electrons. The number of hydrogen-bond donors (Lipinski definition) is 3. The van der Waals surface area contributed by atoms with E-state index in [4.69, 9.17) is 16.7 Å². The smallest absolute Gasteiger partial charge is 0.393 e. The molecule has 32 heavy (non-hydrogen) atoms. The highest BCUT2D eigenvalue weighted by molar-refractivity contribution is 6.33. The molecule has 4 rings (SSSR count). The van der Waals surface area contributed by atoms with Crippen molar-refractivity contribution in [2.24, 2.45) is 0 Å². The minimum absolute atomic E-state index is 0.235. The first-order valence-corrected chi connectivity index (χ1v) is 9.65. The first kappa shape index (κ1) is 21.9. The van der Waals surface area contributed by atoms with Crippen LogP contribution in [0.3, 0.4) is 0 Å². The van der Waals surface area contributed by atoms with E-state index >= 15 is 0 Å². The van der Waals surface area contributed by atoms with Crippen molar-refractivity contribution in [1.29, 1.82) is 0 Å². The van der Waals surface area contributed by atoms with Gasteiger partial charge in [-0.2, -0.15) is 13.2 Å². The fourth-order valence-electron chi connectivity index (χ4n) is 2.98. The molecule has 0 amide bonds. The third kappa shape index (κ3) is 4.47. The van der Waals surface area contributed by atoms with Crippen LogP contribution in [0.1, 0.15) is 17.2 Å². The highest BCUT2D eigenvalue weighted by Gasteiger charge is 2.30. The van der Waals surface area contributed by atoms with Crippen LogP contribution in [0.5, 0.6) is 0 Å². The Morgan fingerprint density at radius 3 is 2.44 bits per heavy atom. The quantitative estimate of drug-likeness (QED) is 0.401. The summed E-state index contributed by atoms with van der Waals surface area (Å²) >= 11 is 6.28. The predicted octanol–water partition coefficient (Wildman–Crippen LogP) is 4.53. The van der Waals surface area contributed by atoms with Gasteiger partial charge in [0.25, 0.3) is 0 Å². The van der Waals surface area contributed by atoms with Gasteiger partial charge in [-0.25, -0.2) is 15.0 Å². The molecule has 0 bridgehead atoms. The number of nitrogens with one attached hydrogen (secondary N) is 1. The molecule has 0 unspecified atom stereocenters. The van der Waals surface area contributed by atoms with Crippen molar-refractivity contribution in [1.82, 2.24) is 19.9 Å². The number of aliphatic hydroxyl groups is 2. The maximum atomic E-state index is 12.8. The highest BCUT2D eigenvalue weighted by Crippen LogP contribution is 2.32. The maximum Gasteiger partial charge on any atom is 0.416 e. The Kier molecular flexibility index (Phi) is 5.92. The Hall–Kier alpha value is -3.34. The molecule has 0 aliphatic carbocycles. The normalized spacial score (nSPS) is 12.7. The Morgan fingerprint density at radius 2 is 1.78 bits per heavy atom. The molecule has 0 aliphatic rings. The van der Waals surface area contributed by atoms with Crippen LogP contribution in [-0.2, 0) is 6.18 Å². The molecule has 11 heteroatoms. The molecule has 0 saturated carbocycles. The molecule has 3 heterocycles. The lowest BCUT2D eigenvalue weighted by Gasteiger charge is -2.12. The van der Waals surface area contributed by atoms with Gasteiger partial charge in [0.1, 0.15) is 23.9 Å². The molecule has 0 radical (unpaired) electrons. The average Bonchev–Trinajstić information content (AvgIpc) is 2.78. The third-order valence-corrected chi connectivity index (χ3v) is 4.92. The number of anilines is 2. The average molecular weight is 462 g/mol. The largest absolute Gasteiger partial charge is 0.416 e. The van der Waals surface area contributed by atoms with Crippen molar-refractivity contribution in [3.63, 3.8) is 0 Å². The van der Waals surface area contributed by atoms with Crippen molar-refractivity contribution in [2.45, 2.75) is 12.3 Å². The standard InChI is InChI=1S/C21H15ClF3N5O2/c22-15-7-11(17(32)9-31)8-26-18(15)16-6-5-14-19(27-10-28-20(14)30-16)29-13-3-1-12(2-4-13)21(23,24)25/h1-8,10,17,31-32H,9H2,(H,27,28,29,30)/t17-/m1/s1. The van der Waals surface area contributed by atoms with E-state index in [-0.39, 0.29) is 5.02 Å². The maximum absolute atomic E-state index is 12.8. The van der Waals surface area contributed by atoms with Gasteiger partial charge in [0, 0.05) is 17.4 Å². The van der Waals surface area contributed by atoms with Crippen molar-refractivity contribution in [2.75, 3.05) is 11.9 Å². The number of fused-ring (bicyclic) bond motifs is 1. The molecule has 4 aromatic rings. The number of hydrogen-bond acceptors (Lipinski definition) is 7. The molecule has 0 aliphatic heterocycles. The molecule has 3 N–H and O–H groups in total. The van der Waals surface area contributed by atoms with Gasteiger partial charge in [0.2, 0.25) is 0 Å². The number of aliphatic hydroxyl groups excluding tert-OH is 2. The second-order valence-corrected chi connectivity index (χ2v) is 7.19. The lowest BCUT2D eigenvalue weighted by atomic mass is 10.1. The summed E-state index contributed by atoms with van der Waals surface area (Å²) in [5.41, 5.74) is 1.15. The fourth-order valence-corrected chi connectivity index (χ4v) is 3.25. The predicted molar refractivity (Wildman–Crippen MR) is 112 cm³/mol. The molecule has 0 saturated heterocycles. The first-order valence-electron chi connectivity index (χ1n) is 9.27. The van der Waals surface area contributed by atoms with Crippen LogP contribution < -0.4 is 5.32 Å². The molecular formula is C21H15ClF3N5O2. The molecule has 0 fully saturated rings. The fraction of sp³-hybridized carbons (Fsp3) is 0.143. The van der Waals surface area contributed by atoms with Crippen LogP contribution in [0.4, 0.5) is 24.7 Å². The van der Waals surface area contributed by atoms with Crippen LogP contribution in [0.25, 0.3) is 22.4 Å². The third-order valence-electron chi connectivity index (χ3n) is 4.63. The Balaban J connectivity index is 1.64. The first-order chi connectivity index (χ1) is 15.3. The van der Waals surface area contributed by atoms with E-state index in [0.29, 0.717) is 39.5 Å². The zero-order valence-corrected chi connectivity index (χ0v) is 16.9. The molecule has 3 aromatic heterocycles. The van der Waals surface area contributed by atoms with Gasteiger partial charge in [0.05, 0.1) is 28.3 Å². The second kappa shape index (κ2) is 8.65. The Morgan fingerprint density at radius 1 is 1.03 bits per heavy atom. The van der Waals surface area contributed by atoms with Crippen molar-refractivity contribution >= 4 is 34.1 Å². The topological polar surface area (TPSA) is 104 Å². The minimum Gasteiger partial charge on any atom is -0.393 e. The number of benzene rings is 1. The van der Waals surface area contributed by atoms with Crippen LogP contribution >= 0.6 is 11.6 Å². The summed E-state index contributed by atoms with van der Waals surface area (Å²) in [4.78, 5) is 17.0. The number of aromatic nitrogens is 4. The lowest BCUT2D eigenvalue weighted by Crippen LogP contribution is -2.05. The second-order valence-electron chi connectivity index (χ2n) is 6.79. The molecule has 0 spiro atoms. The van der Waals surface area contributed by atoms with Crippen molar-refractivity contribution < 1.29 is 23.4 Å². The summed E-state index contributed by atoms with van der Waals surface area (Å²) < 4.78 is 38.3. The van der Waals surface area contributed by atoms with Crippen LogP contribution in [-0.4, -0.2) is 36.8 Å². The van der Waals surface area contributed by atoms with Crippen molar-refractivity contribution in [3.05, 3.63) is 71.1 Å². The van der Waals surface area contributed by atoms with Gasteiger partial charge in [-0.05, 0) is 42.5 Å². The number of pyridine rings is 2. The van der Waals surface area contributed by atoms with Crippen LogP contribution in [0, 0.1) is 0 Å². The van der Waals surface area contributed by atoms with E-state index < -0.39 is 24.5 Å². The van der Waals surface area contributed by atoms with E-state index in [1.54, 1.807) is 12.1 Å². The number of nitrogens with zero attached hydrogens (tertiary/aromatic N) is 4. The summed E-state index contributed by atoms with van der Waals surface area (Å²) in [5, 5.41) is 22.5. The van der Waals surface area contributed by atoms with Gasteiger partial charge >= 0.3 is 6.18 Å². The highest BCUT2D eigenvalue weighted by atomic mass is 35.5. The van der Waals surface area contributed by atoms with Crippen LogP contribution in [0.2, 0.25) is 5.02 Å². The molecule has 7 nitrogen and oxygen atoms in total. The van der Waals surface area contributed by atoms with Gasteiger partial charge in [-0.1, -0.05) is 11.6 Å². The number of alkyl halides is 3. The van der Waals surface area contributed by atoms with E-state index in [1.165, 1.54) is 30.7 Å². The van der Waals surface area contributed by atoms with Gasteiger partial charge < -0.3 is 15.5 Å². The monoisotopic (exact) mass is 461 g/mol. The summed E-state index contributed by atoms with van der Waals surface area (Å²) in [6.45, 7) is -0.461. The summed E-state index contributed by atoms with van der Waals surface area (Å²) in [6.07, 6.45) is -2.83. The summed E-state index contributed by atoms with van der Waals surface area (Å²) in [7, 11) is 0. The summed E-state index contributed by atoms with van der Waals surface area (Å²) in [6, 6.07) is 9.42. The van der Waals surface area contributed by atoms with E-state index in [2.05, 4.69) is 25.3 Å². The van der Waals surface area contributed by atoms with Gasteiger partial charge in [0.15, 0.2) is 5.65 Å². The van der Waals surface area contributed by atoms with E-state index in [9.17, 15) is 18.3 Å². The van der Waals surface area contributed by atoms with E-state index in [1.807, 2.05) is 0 Å². The summed E-state index contributed by atoms with van der Waals surface area (Å²) in [5.74, 6) is 0.370. The Labute approximate surface area is 184 Å². The zero-order chi connectivity index (χ0) is 22.9. The number of halogens is 4. The zero-order valence-electron chi connectivity index (χ0n) is 16.2.